The van der Waals surface area contributed by atoms with E-state index in [2.05, 4.69) is 21.0 Å². The first-order chi connectivity index (χ1) is 9.40. The second kappa shape index (κ2) is 5.49. The Hall–Kier alpha value is -2.09. The number of carbonyl (C=O) groups excluding carboxylic acids is 1. The van der Waals surface area contributed by atoms with E-state index in [9.17, 15) is 14.7 Å². The number of benzene rings is 1. The highest BCUT2D eigenvalue weighted by Crippen LogP contribution is 2.28. The Morgan fingerprint density at radius 3 is 2.80 bits per heavy atom. The highest BCUT2D eigenvalue weighted by molar-refractivity contribution is 9.10. The molecule has 0 saturated carbocycles. The van der Waals surface area contributed by atoms with E-state index < -0.39 is 12.0 Å². The monoisotopic (exact) mass is 340 g/mol. The van der Waals surface area contributed by atoms with Crippen LogP contribution < -0.4 is 10.6 Å². The number of aryl methyl sites for hydroxylation is 1. The van der Waals surface area contributed by atoms with Crippen molar-refractivity contribution < 1.29 is 14.7 Å². The van der Waals surface area contributed by atoms with E-state index in [-0.39, 0.29) is 13.0 Å². The summed E-state index contributed by atoms with van der Waals surface area (Å²) >= 11 is 3.36. The van der Waals surface area contributed by atoms with Gasteiger partial charge in [-0.1, -0.05) is 15.9 Å². The van der Waals surface area contributed by atoms with Crippen LogP contribution in [-0.2, 0) is 11.8 Å². The number of nitrogens with zero attached hydrogens (tertiary/aromatic N) is 3. The number of halogens is 1. The van der Waals surface area contributed by atoms with E-state index in [0.717, 1.165) is 14.9 Å². The van der Waals surface area contributed by atoms with Gasteiger partial charge in [-0.2, -0.15) is 5.10 Å². The Balaban J connectivity index is 2.48. The van der Waals surface area contributed by atoms with E-state index in [1.807, 2.05) is 12.1 Å². The lowest BCUT2D eigenvalue weighted by Crippen LogP contribution is -2.33. The summed E-state index contributed by atoms with van der Waals surface area (Å²) < 4.78 is 2.47. The average Bonchev–Trinajstić information content (AvgIpc) is 2.66. The van der Waals surface area contributed by atoms with Crippen LogP contribution in [0.3, 0.4) is 0 Å². The van der Waals surface area contributed by atoms with Gasteiger partial charge in [0, 0.05) is 29.9 Å². The highest BCUT2D eigenvalue weighted by Gasteiger charge is 2.21. The molecule has 0 aliphatic rings. The average molecular weight is 341 g/mol. The van der Waals surface area contributed by atoms with Gasteiger partial charge < -0.3 is 10.8 Å². The summed E-state index contributed by atoms with van der Waals surface area (Å²) in [7, 11) is 1.73. The molecule has 106 valence electrons. The molecular formula is C12H13BrN4O3. The lowest BCUT2D eigenvalue weighted by atomic mass is 10.2. The molecule has 2 aromatic rings. The van der Waals surface area contributed by atoms with Gasteiger partial charge in [0.15, 0.2) is 5.82 Å². The summed E-state index contributed by atoms with van der Waals surface area (Å²) in [5, 5.41) is 14.2. The number of nitrogens with two attached hydrogens (primary N) is 1. The molecule has 0 unspecified atom stereocenters. The summed E-state index contributed by atoms with van der Waals surface area (Å²) in [4.78, 5) is 23.2. The molecule has 0 aliphatic carbocycles. The number of rotatable bonds is 4. The molecule has 1 heterocycles. The number of carbonyl (C=O) groups is 2. The van der Waals surface area contributed by atoms with Crippen molar-refractivity contribution in [1.29, 1.82) is 0 Å². The standard InChI is InChI=1S/C12H13BrN4O3/c1-16-9-6-7(13)2-3-8(9)11(15-16)17(12(19)20)5-4-10(14)18/h2-3,6H,4-5H2,1H3,(H2,14,18)(H,19,20). The molecule has 0 radical (unpaired) electrons. The Kier molecular flexibility index (Phi) is 3.93. The number of hydrogen-bond acceptors (Lipinski definition) is 3. The summed E-state index contributed by atoms with van der Waals surface area (Å²) in [6.07, 6.45) is -1.23. The van der Waals surface area contributed by atoms with Gasteiger partial charge in [-0.05, 0) is 18.2 Å². The Labute approximate surface area is 123 Å². The molecule has 1 aromatic carbocycles. The summed E-state index contributed by atoms with van der Waals surface area (Å²) in [6.45, 7) is -0.0210. The Morgan fingerprint density at radius 1 is 1.50 bits per heavy atom. The Bertz CT molecular complexity index is 683. The van der Waals surface area contributed by atoms with Gasteiger partial charge in [-0.25, -0.2) is 4.79 Å². The fraction of sp³-hybridized carbons (Fsp3) is 0.250. The van der Waals surface area contributed by atoms with Gasteiger partial charge in [-0.15, -0.1) is 0 Å². The molecule has 20 heavy (non-hydrogen) atoms. The molecule has 0 saturated heterocycles. The quantitative estimate of drug-likeness (QED) is 0.884. The minimum Gasteiger partial charge on any atom is -0.465 e. The molecule has 3 N–H and O–H groups in total. The predicted molar refractivity (Wildman–Crippen MR) is 77.6 cm³/mol. The van der Waals surface area contributed by atoms with Crippen LogP contribution in [0.5, 0.6) is 0 Å². The van der Waals surface area contributed by atoms with Gasteiger partial charge in [0.05, 0.1) is 5.52 Å². The molecule has 0 spiro atoms. The zero-order valence-corrected chi connectivity index (χ0v) is 12.3. The third-order valence-corrected chi connectivity index (χ3v) is 3.36. The number of hydrogen-bond donors (Lipinski definition) is 2. The molecule has 2 amide bonds. The van der Waals surface area contributed by atoms with Crippen LogP contribution in [0, 0.1) is 0 Å². The van der Waals surface area contributed by atoms with Crippen LogP contribution in [-0.4, -0.2) is 33.4 Å². The maximum absolute atomic E-state index is 11.3. The topological polar surface area (TPSA) is 101 Å². The van der Waals surface area contributed by atoms with Gasteiger partial charge in [0.2, 0.25) is 5.91 Å². The molecular weight excluding hydrogens is 328 g/mol. The predicted octanol–water partition coefficient (Wildman–Crippen LogP) is 1.70. The van der Waals surface area contributed by atoms with Gasteiger partial charge in [0.1, 0.15) is 0 Å². The number of anilines is 1. The van der Waals surface area contributed by atoms with Crippen LogP contribution in [0.4, 0.5) is 10.6 Å². The van der Waals surface area contributed by atoms with Gasteiger partial charge in [0.25, 0.3) is 0 Å². The van der Waals surface area contributed by atoms with E-state index in [4.69, 9.17) is 5.73 Å². The van der Waals surface area contributed by atoms with Crippen molar-refractivity contribution in [1.82, 2.24) is 9.78 Å². The van der Waals surface area contributed by atoms with Crippen molar-refractivity contribution >= 4 is 44.7 Å². The molecule has 1 aromatic heterocycles. The fourth-order valence-corrected chi connectivity index (χ4v) is 2.27. The fourth-order valence-electron chi connectivity index (χ4n) is 1.92. The summed E-state index contributed by atoms with van der Waals surface area (Å²) in [5.41, 5.74) is 5.86. The number of fused-ring (bicyclic) bond motifs is 1. The summed E-state index contributed by atoms with van der Waals surface area (Å²) in [6, 6.07) is 5.43. The van der Waals surface area contributed by atoms with E-state index in [0.29, 0.717) is 11.2 Å². The third-order valence-electron chi connectivity index (χ3n) is 2.86. The first kappa shape index (κ1) is 14.3. The van der Waals surface area contributed by atoms with Crippen LogP contribution in [0.2, 0.25) is 0 Å². The van der Waals surface area contributed by atoms with Crippen molar-refractivity contribution in [2.75, 3.05) is 11.4 Å². The molecule has 0 atom stereocenters. The highest BCUT2D eigenvalue weighted by atomic mass is 79.9. The summed E-state index contributed by atoms with van der Waals surface area (Å²) in [5.74, 6) is -0.261. The first-order valence-corrected chi connectivity index (χ1v) is 6.60. The molecule has 8 heteroatoms. The molecule has 2 rings (SSSR count). The normalized spacial score (nSPS) is 10.7. The smallest absolute Gasteiger partial charge is 0.413 e. The van der Waals surface area contributed by atoms with Crippen molar-refractivity contribution in [2.45, 2.75) is 6.42 Å². The lowest BCUT2D eigenvalue weighted by molar-refractivity contribution is -0.117. The minimum atomic E-state index is -1.17. The van der Waals surface area contributed by atoms with Crippen molar-refractivity contribution in [3.8, 4) is 0 Å². The zero-order valence-electron chi connectivity index (χ0n) is 10.7. The van der Waals surface area contributed by atoms with Gasteiger partial charge in [-0.3, -0.25) is 14.4 Å². The maximum atomic E-state index is 11.3. The Morgan fingerprint density at radius 2 is 2.20 bits per heavy atom. The minimum absolute atomic E-state index is 0.0210. The number of amides is 2. The number of aromatic nitrogens is 2. The van der Waals surface area contributed by atoms with E-state index >= 15 is 0 Å². The van der Waals surface area contributed by atoms with Crippen LogP contribution in [0.25, 0.3) is 10.9 Å². The lowest BCUT2D eigenvalue weighted by Gasteiger charge is -2.15. The number of carboxylic acid groups (broad SMARTS) is 1. The zero-order chi connectivity index (χ0) is 14.9. The van der Waals surface area contributed by atoms with Crippen molar-refractivity contribution in [3.63, 3.8) is 0 Å². The number of primary amides is 1. The maximum Gasteiger partial charge on any atom is 0.413 e. The van der Waals surface area contributed by atoms with Crippen LogP contribution in [0.1, 0.15) is 6.42 Å². The SMILES string of the molecule is Cn1nc(N(CCC(N)=O)C(=O)O)c2ccc(Br)cc21. The van der Waals surface area contributed by atoms with Gasteiger partial charge >= 0.3 is 6.09 Å². The molecule has 0 fully saturated rings. The largest absolute Gasteiger partial charge is 0.465 e. The van der Waals surface area contributed by atoms with Crippen molar-refractivity contribution in [2.24, 2.45) is 12.8 Å². The third kappa shape index (κ3) is 2.74. The molecule has 7 nitrogen and oxygen atoms in total. The first-order valence-electron chi connectivity index (χ1n) is 5.81. The van der Waals surface area contributed by atoms with Crippen molar-refractivity contribution in [3.05, 3.63) is 22.7 Å². The van der Waals surface area contributed by atoms with E-state index in [1.165, 1.54) is 0 Å². The second-order valence-corrected chi connectivity index (χ2v) is 5.17. The van der Waals surface area contributed by atoms with Crippen LogP contribution >= 0.6 is 15.9 Å². The molecule has 0 aliphatic heterocycles. The second-order valence-electron chi connectivity index (χ2n) is 4.26. The van der Waals surface area contributed by atoms with E-state index in [1.54, 1.807) is 17.8 Å². The van der Waals surface area contributed by atoms with Crippen LogP contribution in [0.15, 0.2) is 22.7 Å². The molecule has 0 bridgehead atoms.